The number of hydrogen-bond donors (Lipinski definition) is 1. The molecule has 0 amide bonds. The molecule has 0 radical (unpaired) electrons. The van der Waals surface area contributed by atoms with Gasteiger partial charge in [-0.25, -0.2) is 4.79 Å². The Morgan fingerprint density at radius 2 is 2.00 bits per heavy atom. The lowest BCUT2D eigenvalue weighted by Crippen LogP contribution is -2.56. The number of aliphatic hydroxyl groups is 1. The van der Waals surface area contributed by atoms with E-state index < -0.39 is 12.2 Å². The summed E-state index contributed by atoms with van der Waals surface area (Å²) in [4.78, 5) is 11.9. The molecule has 3 nitrogen and oxygen atoms in total. The van der Waals surface area contributed by atoms with E-state index in [1.165, 1.54) is 31.3 Å². The van der Waals surface area contributed by atoms with Gasteiger partial charge in [-0.15, -0.1) is 0 Å². The van der Waals surface area contributed by atoms with E-state index in [1.54, 1.807) is 0 Å². The molecule has 5 atom stereocenters. The topological polar surface area (TPSA) is 46.5 Å². The predicted molar refractivity (Wildman–Crippen MR) is 88.6 cm³/mol. The molecule has 1 unspecified atom stereocenters. The minimum atomic E-state index is -0.590. The van der Waals surface area contributed by atoms with Crippen molar-refractivity contribution < 1.29 is 14.6 Å². The lowest BCUT2D eigenvalue weighted by atomic mass is 9.45. The standard InChI is InChI=1S/C20H28O3/c1-11-13-10-12-6-7-14-19(2,3)8-5-9-20(14,4)15(12)16(21)17(13)23-18(11)22/h10,14-17,21H,5-9H2,1-4H3/t14?,15-,16+,17-,20+/m0/s1. The van der Waals surface area contributed by atoms with Crippen LogP contribution in [0.3, 0.4) is 0 Å². The van der Waals surface area contributed by atoms with Gasteiger partial charge < -0.3 is 9.84 Å². The monoisotopic (exact) mass is 316 g/mol. The van der Waals surface area contributed by atoms with Gasteiger partial charge in [-0.3, -0.25) is 0 Å². The van der Waals surface area contributed by atoms with Crippen LogP contribution in [0.1, 0.15) is 59.8 Å². The van der Waals surface area contributed by atoms with Crippen molar-refractivity contribution >= 4 is 5.97 Å². The second kappa shape index (κ2) is 4.72. The quantitative estimate of drug-likeness (QED) is 0.692. The normalized spacial score (nSPS) is 44.9. The summed E-state index contributed by atoms with van der Waals surface area (Å²) in [5, 5.41) is 11.1. The number of carbonyl (C=O) groups is 1. The van der Waals surface area contributed by atoms with Crippen molar-refractivity contribution in [3.8, 4) is 0 Å². The number of aliphatic hydroxyl groups excluding tert-OH is 1. The second-order valence-electron chi connectivity index (χ2n) is 9.03. The zero-order valence-electron chi connectivity index (χ0n) is 14.7. The van der Waals surface area contributed by atoms with Gasteiger partial charge in [0.05, 0.1) is 0 Å². The summed E-state index contributed by atoms with van der Waals surface area (Å²) in [5.74, 6) is 0.503. The Bertz CT molecular complexity index is 627. The first-order valence-corrected chi connectivity index (χ1v) is 9.06. The Morgan fingerprint density at radius 3 is 2.74 bits per heavy atom. The van der Waals surface area contributed by atoms with Crippen LogP contribution in [0.5, 0.6) is 0 Å². The number of hydrogen-bond acceptors (Lipinski definition) is 3. The lowest BCUT2D eigenvalue weighted by molar-refractivity contribution is -0.152. The van der Waals surface area contributed by atoms with Crippen LogP contribution in [0.2, 0.25) is 0 Å². The Balaban J connectivity index is 1.79. The van der Waals surface area contributed by atoms with Crippen molar-refractivity contribution in [3.63, 3.8) is 0 Å². The molecule has 3 aliphatic carbocycles. The van der Waals surface area contributed by atoms with Gasteiger partial charge in [-0.2, -0.15) is 0 Å². The van der Waals surface area contributed by atoms with Crippen LogP contribution in [0, 0.1) is 22.7 Å². The molecule has 1 aliphatic heterocycles. The van der Waals surface area contributed by atoms with Gasteiger partial charge in [0.25, 0.3) is 0 Å². The van der Waals surface area contributed by atoms with Gasteiger partial charge in [0, 0.05) is 17.1 Å². The van der Waals surface area contributed by atoms with Crippen molar-refractivity contribution in [1.29, 1.82) is 0 Å². The van der Waals surface area contributed by atoms with Crippen LogP contribution in [-0.4, -0.2) is 23.3 Å². The number of carbonyl (C=O) groups excluding carboxylic acids is 1. The van der Waals surface area contributed by atoms with Gasteiger partial charge in [-0.05, 0) is 49.4 Å². The van der Waals surface area contributed by atoms with E-state index in [0.717, 1.165) is 12.0 Å². The molecule has 3 heteroatoms. The SMILES string of the molecule is CC1=C2C=C3CCC4C(C)(C)CCC[C@@]4(C)[C@@H]3[C@@H](O)[C@H]2OC1=O. The molecule has 2 fully saturated rings. The first kappa shape index (κ1) is 15.4. The van der Waals surface area contributed by atoms with E-state index >= 15 is 0 Å². The maximum atomic E-state index is 11.9. The summed E-state index contributed by atoms with van der Waals surface area (Å²) in [6.07, 6.45) is 7.06. The summed E-state index contributed by atoms with van der Waals surface area (Å²) in [7, 11) is 0. The highest BCUT2D eigenvalue weighted by Gasteiger charge is 2.58. The first-order chi connectivity index (χ1) is 10.8. The van der Waals surface area contributed by atoms with Gasteiger partial charge >= 0.3 is 5.97 Å². The third kappa shape index (κ3) is 1.95. The fourth-order valence-electron chi connectivity index (χ4n) is 6.34. The molecule has 1 heterocycles. The average molecular weight is 316 g/mol. The molecule has 1 N–H and O–H groups in total. The average Bonchev–Trinajstić information content (AvgIpc) is 2.74. The highest BCUT2D eigenvalue weighted by atomic mass is 16.6. The van der Waals surface area contributed by atoms with Crippen molar-refractivity contribution in [2.45, 2.75) is 72.0 Å². The minimum absolute atomic E-state index is 0.111. The summed E-state index contributed by atoms with van der Waals surface area (Å²) >= 11 is 0. The smallest absolute Gasteiger partial charge is 0.334 e. The van der Waals surface area contributed by atoms with Crippen LogP contribution in [-0.2, 0) is 9.53 Å². The molecule has 4 rings (SSSR count). The molecule has 0 spiro atoms. The van der Waals surface area contributed by atoms with Gasteiger partial charge in [-0.1, -0.05) is 38.8 Å². The second-order valence-corrected chi connectivity index (χ2v) is 9.03. The third-order valence-electron chi connectivity index (χ3n) is 7.38. The minimum Gasteiger partial charge on any atom is -0.451 e. The van der Waals surface area contributed by atoms with Gasteiger partial charge in [0.1, 0.15) is 6.10 Å². The summed E-state index contributed by atoms with van der Waals surface area (Å²) in [5.41, 5.74) is 3.39. The van der Waals surface area contributed by atoms with Crippen LogP contribution < -0.4 is 0 Å². The molecule has 2 saturated carbocycles. The molecule has 0 aromatic heterocycles. The number of fused-ring (bicyclic) bond motifs is 4. The molecule has 0 bridgehead atoms. The molecular weight excluding hydrogens is 288 g/mol. The molecule has 0 aromatic carbocycles. The molecule has 0 aromatic rings. The van der Waals surface area contributed by atoms with E-state index in [1.807, 2.05) is 6.92 Å². The van der Waals surface area contributed by atoms with Crippen LogP contribution >= 0.6 is 0 Å². The predicted octanol–water partition coefficient (Wildman–Crippen LogP) is 3.77. The fraction of sp³-hybridized carbons (Fsp3) is 0.750. The zero-order chi connectivity index (χ0) is 16.6. The highest BCUT2D eigenvalue weighted by Crippen LogP contribution is 2.63. The Labute approximate surface area is 138 Å². The van der Waals surface area contributed by atoms with E-state index in [-0.39, 0.29) is 17.3 Å². The van der Waals surface area contributed by atoms with Crippen molar-refractivity contribution in [2.24, 2.45) is 22.7 Å². The van der Waals surface area contributed by atoms with E-state index in [2.05, 4.69) is 26.8 Å². The van der Waals surface area contributed by atoms with E-state index in [4.69, 9.17) is 4.74 Å². The highest BCUT2D eigenvalue weighted by molar-refractivity contribution is 5.92. The van der Waals surface area contributed by atoms with Crippen LogP contribution in [0.15, 0.2) is 22.8 Å². The van der Waals surface area contributed by atoms with Crippen LogP contribution in [0.4, 0.5) is 0 Å². The number of rotatable bonds is 0. The molecule has 0 saturated heterocycles. The van der Waals surface area contributed by atoms with Crippen LogP contribution in [0.25, 0.3) is 0 Å². The molecule has 4 aliphatic rings. The first-order valence-electron chi connectivity index (χ1n) is 9.06. The molecular formula is C20H28O3. The largest absolute Gasteiger partial charge is 0.451 e. The summed E-state index contributed by atoms with van der Waals surface area (Å²) < 4.78 is 5.51. The summed E-state index contributed by atoms with van der Waals surface area (Å²) in [6.45, 7) is 8.98. The molecule has 126 valence electrons. The maximum Gasteiger partial charge on any atom is 0.334 e. The van der Waals surface area contributed by atoms with E-state index in [0.29, 0.717) is 16.9 Å². The van der Waals surface area contributed by atoms with Crippen molar-refractivity contribution in [2.75, 3.05) is 0 Å². The number of esters is 1. The Kier molecular flexibility index (Phi) is 3.17. The summed E-state index contributed by atoms with van der Waals surface area (Å²) in [6, 6.07) is 0. The van der Waals surface area contributed by atoms with Crippen molar-refractivity contribution in [1.82, 2.24) is 0 Å². The Hall–Kier alpha value is -1.09. The Morgan fingerprint density at radius 1 is 1.26 bits per heavy atom. The number of ether oxygens (including phenoxy) is 1. The van der Waals surface area contributed by atoms with Crippen molar-refractivity contribution in [3.05, 3.63) is 22.8 Å². The zero-order valence-corrected chi connectivity index (χ0v) is 14.7. The lowest BCUT2D eigenvalue weighted by Gasteiger charge is -2.60. The molecule has 23 heavy (non-hydrogen) atoms. The van der Waals surface area contributed by atoms with Gasteiger partial charge in [0.2, 0.25) is 0 Å². The van der Waals surface area contributed by atoms with E-state index in [9.17, 15) is 9.90 Å². The fourth-order valence-corrected chi connectivity index (χ4v) is 6.34. The maximum absolute atomic E-state index is 11.9. The third-order valence-corrected chi connectivity index (χ3v) is 7.38. The van der Waals surface area contributed by atoms with Gasteiger partial charge in [0.15, 0.2) is 6.10 Å².